The smallest absolute Gasteiger partial charge is 0.315 e. The van der Waals surface area contributed by atoms with Crippen molar-refractivity contribution in [1.29, 1.82) is 0 Å². The summed E-state index contributed by atoms with van der Waals surface area (Å²) >= 11 is 0. The van der Waals surface area contributed by atoms with Gasteiger partial charge in [0.15, 0.2) is 0 Å². The molecule has 1 aliphatic heterocycles. The number of esters is 1. The molecule has 1 aromatic rings. The number of carbonyl (C=O) groups is 1. The van der Waals surface area contributed by atoms with E-state index in [1.54, 1.807) is 26.0 Å². The number of methoxy groups -OCH3 is 1. The second-order valence-corrected chi connectivity index (χ2v) is 5.77. The maximum absolute atomic E-state index is 11.9. The fourth-order valence-electron chi connectivity index (χ4n) is 2.27. The second kappa shape index (κ2) is 6.31. The lowest BCUT2D eigenvalue weighted by Crippen LogP contribution is -2.34. The molecular weight excluding hydrogens is 288 g/mol. The highest BCUT2D eigenvalue weighted by molar-refractivity contribution is 5.83. The first kappa shape index (κ1) is 16.2. The summed E-state index contributed by atoms with van der Waals surface area (Å²) in [6, 6.07) is 4.62. The first-order valence-corrected chi connectivity index (χ1v) is 7.09. The Bertz CT molecular complexity index is 581. The molecule has 1 N–H and O–H groups in total. The number of anilines is 1. The van der Waals surface area contributed by atoms with Crippen LogP contribution in [0, 0.1) is 10.1 Å². The summed E-state index contributed by atoms with van der Waals surface area (Å²) in [4.78, 5) is 22.6. The number of nitro benzene ring substituents is 1. The highest BCUT2D eigenvalue weighted by Crippen LogP contribution is 2.32. The third-order valence-electron chi connectivity index (χ3n) is 3.92. The molecule has 1 heterocycles. The number of nitrogens with one attached hydrogen (secondary N) is 1. The minimum Gasteiger partial charge on any atom is -0.468 e. The summed E-state index contributed by atoms with van der Waals surface area (Å²) in [5.41, 5.74) is 0.133. The average Bonchev–Trinajstić information content (AvgIpc) is 2.44. The molecule has 1 aromatic carbocycles. The predicted molar refractivity (Wildman–Crippen MR) is 81.0 cm³/mol. The zero-order valence-electron chi connectivity index (χ0n) is 12.9. The first-order valence-electron chi connectivity index (χ1n) is 7.09. The Hall–Kier alpha value is -2.15. The van der Waals surface area contributed by atoms with Crippen LogP contribution in [0.25, 0.3) is 0 Å². The summed E-state index contributed by atoms with van der Waals surface area (Å²) < 4.78 is 10.1. The van der Waals surface area contributed by atoms with Crippen LogP contribution < -0.4 is 5.32 Å². The molecule has 7 nitrogen and oxygen atoms in total. The molecule has 1 saturated heterocycles. The summed E-state index contributed by atoms with van der Waals surface area (Å²) in [6.45, 7) is 4.67. The summed E-state index contributed by atoms with van der Waals surface area (Å²) in [5, 5.41) is 14.2. The third kappa shape index (κ3) is 3.19. The Morgan fingerprint density at radius 3 is 2.73 bits per heavy atom. The molecule has 0 aromatic heterocycles. The van der Waals surface area contributed by atoms with Crippen molar-refractivity contribution in [2.24, 2.45) is 0 Å². The molecule has 120 valence electrons. The van der Waals surface area contributed by atoms with Crippen molar-refractivity contribution in [1.82, 2.24) is 0 Å². The molecule has 1 atom stereocenters. The third-order valence-corrected chi connectivity index (χ3v) is 3.92. The van der Waals surface area contributed by atoms with Gasteiger partial charge < -0.3 is 14.8 Å². The van der Waals surface area contributed by atoms with Gasteiger partial charge in [0, 0.05) is 19.2 Å². The SMILES string of the molecule is COC(=O)C(C)(C)c1ccc([N+](=O)[O-])c(NC[C@@H]2CCO2)c1. The minimum absolute atomic E-state index is 0.0243. The zero-order valence-corrected chi connectivity index (χ0v) is 12.9. The van der Waals surface area contributed by atoms with Gasteiger partial charge in [0.1, 0.15) is 5.69 Å². The molecule has 22 heavy (non-hydrogen) atoms. The van der Waals surface area contributed by atoms with Crippen LogP contribution in [0.3, 0.4) is 0 Å². The van der Waals surface area contributed by atoms with Crippen LogP contribution in [0.1, 0.15) is 25.8 Å². The molecular formula is C15H20N2O5. The molecule has 7 heteroatoms. The van der Waals surface area contributed by atoms with Crippen LogP contribution in [0.2, 0.25) is 0 Å². The lowest BCUT2D eigenvalue weighted by atomic mass is 9.84. The number of hydrogen-bond acceptors (Lipinski definition) is 6. The van der Waals surface area contributed by atoms with Gasteiger partial charge in [0.2, 0.25) is 0 Å². The number of ether oxygens (including phenoxy) is 2. The number of carbonyl (C=O) groups excluding carboxylic acids is 1. The number of rotatable bonds is 6. The fourth-order valence-corrected chi connectivity index (χ4v) is 2.27. The largest absolute Gasteiger partial charge is 0.468 e. The Morgan fingerprint density at radius 2 is 2.23 bits per heavy atom. The molecule has 0 saturated carbocycles. The van der Waals surface area contributed by atoms with Gasteiger partial charge in [-0.25, -0.2) is 0 Å². The van der Waals surface area contributed by atoms with E-state index in [4.69, 9.17) is 9.47 Å². The molecule has 0 amide bonds. The summed E-state index contributed by atoms with van der Waals surface area (Å²) in [7, 11) is 1.32. The normalized spacial score (nSPS) is 17.5. The van der Waals surface area contributed by atoms with Crippen LogP contribution in [0.15, 0.2) is 18.2 Å². The van der Waals surface area contributed by atoms with Gasteiger partial charge in [0.25, 0.3) is 5.69 Å². The van der Waals surface area contributed by atoms with E-state index in [2.05, 4.69) is 5.32 Å². The number of benzene rings is 1. The van der Waals surface area contributed by atoms with Crippen molar-refractivity contribution in [2.75, 3.05) is 25.6 Å². The van der Waals surface area contributed by atoms with Crippen molar-refractivity contribution in [3.05, 3.63) is 33.9 Å². The number of nitro groups is 1. The molecule has 1 fully saturated rings. The molecule has 0 spiro atoms. The van der Waals surface area contributed by atoms with E-state index in [1.165, 1.54) is 13.2 Å². The van der Waals surface area contributed by atoms with Crippen LogP contribution in [-0.2, 0) is 19.7 Å². The fraction of sp³-hybridized carbons (Fsp3) is 0.533. The maximum atomic E-state index is 11.9. The van der Waals surface area contributed by atoms with E-state index in [-0.39, 0.29) is 11.8 Å². The molecule has 0 radical (unpaired) electrons. The van der Waals surface area contributed by atoms with Gasteiger partial charge in [-0.2, -0.15) is 0 Å². The van der Waals surface area contributed by atoms with Gasteiger partial charge in [-0.1, -0.05) is 6.07 Å². The Labute approximate surface area is 128 Å². The van der Waals surface area contributed by atoms with E-state index in [1.807, 2.05) is 0 Å². The van der Waals surface area contributed by atoms with Gasteiger partial charge >= 0.3 is 5.97 Å². The Kier molecular flexibility index (Phi) is 4.65. The lowest BCUT2D eigenvalue weighted by Gasteiger charge is -2.27. The van der Waals surface area contributed by atoms with Gasteiger partial charge in [-0.15, -0.1) is 0 Å². The van der Waals surface area contributed by atoms with Crippen molar-refractivity contribution in [2.45, 2.75) is 31.8 Å². The minimum atomic E-state index is -0.882. The highest BCUT2D eigenvalue weighted by atomic mass is 16.6. The topological polar surface area (TPSA) is 90.7 Å². The first-order chi connectivity index (χ1) is 10.4. The quantitative estimate of drug-likeness (QED) is 0.492. The lowest BCUT2D eigenvalue weighted by molar-refractivity contribution is -0.384. The van der Waals surface area contributed by atoms with E-state index >= 15 is 0 Å². The summed E-state index contributed by atoms with van der Waals surface area (Å²) in [5.74, 6) is -0.394. The van der Waals surface area contributed by atoms with Gasteiger partial charge in [-0.05, 0) is 31.9 Å². The molecule has 0 unspecified atom stereocenters. The average molecular weight is 308 g/mol. The Morgan fingerprint density at radius 1 is 1.55 bits per heavy atom. The molecule has 0 bridgehead atoms. The van der Waals surface area contributed by atoms with Crippen molar-refractivity contribution in [3.8, 4) is 0 Å². The number of hydrogen-bond donors (Lipinski definition) is 1. The van der Waals surface area contributed by atoms with Gasteiger partial charge in [0.05, 0.1) is 23.6 Å². The van der Waals surface area contributed by atoms with Crippen molar-refractivity contribution < 1.29 is 19.2 Å². The maximum Gasteiger partial charge on any atom is 0.315 e. The Balaban J connectivity index is 2.29. The van der Waals surface area contributed by atoms with E-state index in [9.17, 15) is 14.9 Å². The predicted octanol–water partition coefficient (Wildman–Crippen LogP) is 2.25. The summed E-state index contributed by atoms with van der Waals surface area (Å²) in [6.07, 6.45) is 1.02. The molecule has 2 rings (SSSR count). The zero-order chi connectivity index (χ0) is 16.3. The second-order valence-electron chi connectivity index (χ2n) is 5.77. The van der Waals surface area contributed by atoms with Crippen LogP contribution in [0.5, 0.6) is 0 Å². The number of nitrogens with zero attached hydrogens (tertiary/aromatic N) is 1. The van der Waals surface area contributed by atoms with E-state index in [0.717, 1.165) is 13.0 Å². The molecule has 1 aliphatic rings. The van der Waals surface area contributed by atoms with E-state index < -0.39 is 16.3 Å². The van der Waals surface area contributed by atoms with Crippen molar-refractivity contribution in [3.63, 3.8) is 0 Å². The van der Waals surface area contributed by atoms with Crippen LogP contribution >= 0.6 is 0 Å². The molecule has 0 aliphatic carbocycles. The van der Waals surface area contributed by atoms with E-state index in [0.29, 0.717) is 17.8 Å². The van der Waals surface area contributed by atoms with Crippen molar-refractivity contribution >= 4 is 17.3 Å². The standard InChI is InChI=1S/C15H20N2O5/c1-15(2,14(18)21-3)10-4-5-13(17(19)20)12(8-10)16-9-11-6-7-22-11/h4-5,8,11,16H,6-7,9H2,1-3H3/t11-/m0/s1. The highest BCUT2D eigenvalue weighted by Gasteiger charge is 2.32. The van der Waals surface area contributed by atoms with Crippen LogP contribution in [-0.4, -0.2) is 37.3 Å². The van der Waals surface area contributed by atoms with Gasteiger partial charge in [-0.3, -0.25) is 14.9 Å². The van der Waals surface area contributed by atoms with Crippen LogP contribution in [0.4, 0.5) is 11.4 Å². The monoisotopic (exact) mass is 308 g/mol.